The molecule has 2 aromatic carbocycles. The molecule has 2 atom stereocenters. The molecule has 0 unspecified atom stereocenters. The Labute approximate surface area is 191 Å². The number of carbonyl (C=O) groups is 3. The molecule has 0 fully saturated rings. The third kappa shape index (κ3) is 8.92. The Kier molecular flexibility index (Phi) is 10.2. The van der Waals surface area contributed by atoms with Gasteiger partial charge in [-0.05, 0) is 29.9 Å². The lowest BCUT2D eigenvalue weighted by Crippen LogP contribution is -2.53. The minimum absolute atomic E-state index is 0.112. The number of alkyl carbamates (subject to hydrolysis) is 1. The number of alkyl halides is 1. The number of carbonyl (C=O) groups excluding carboxylic acids is 3. The number of hydrogen-bond donors (Lipinski definition) is 2. The number of hydrogen-bond acceptors (Lipinski definition) is 4. The van der Waals surface area contributed by atoms with E-state index >= 15 is 0 Å². The maximum absolute atomic E-state index is 13.0. The number of Topliss-reactive ketones (excluding diaryl/α,β-unsaturated/α-hetero) is 1. The molecule has 0 radical (unpaired) electrons. The summed E-state index contributed by atoms with van der Waals surface area (Å²) < 4.78 is 5.26. The molecule has 0 heterocycles. The largest absolute Gasteiger partial charge is 0.445 e. The van der Waals surface area contributed by atoms with Crippen LogP contribution in [0.25, 0.3) is 0 Å². The molecule has 0 aliphatic rings. The lowest BCUT2D eigenvalue weighted by atomic mass is 10.00. The lowest BCUT2D eigenvalue weighted by molar-refractivity contribution is -0.128. The van der Waals surface area contributed by atoms with Gasteiger partial charge in [-0.15, -0.1) is 0 Å². The summed E-state index contributed by atoms with van der Waals surface area (Å²) >= 11 is 3.19. The van der Waals surface area contributed by atoms with Crippen molar-refractivity contribution < 1.29 is 19.1 Å². The van der Waals surface area contributed by atoms with E-state index in [1.54, 1.807) is 0 Å². The van der Waals surface area contributed by atoms with Crippen molar-refractivity contribution in [3.8, 4) is 0 Å². The highest BCUT2D eigenvalue weighted by molar-refractivity contribution is 9.09. The van der Waals surface area contributed by atoms with Crippen molar-refractivity contribution in [1.82, 2.24) is 10.6 Å². The van der Waals surface area contributed by atoms with Gasteiger partial charge in [0.05, 0.1) is 11.4 Å². The molecule has 31 heavy (non-hydrogen) atoms. The average molecular weight is 489 g/mol. The molecule has 0 aromatic heterocycles. The summed E-state index contributed by atoms with van der Waals surface area (Å²) in [5.41, 5.74) is 1.80. The fraction of sp³-hybridized carbons (Fsp3) is 0.375. The predicted molar refractivity (Wildman–Crippen MR) is 124 cm³/mol. The van der Waals surface area contributed by atoms with Crippen LogP contribution in [0, 0.1) is 5.92 Å². The molecule has 0 bridgehead atoms. The first-order valence-electron chi connectivity index (χ1n) is 10.3. The highest BCUT2D eigenvalue weighted by Gasteiger charge is 2.27. The molecule has 166 valence electrons. The number of halogens is 1. The Morgan fingerprint density at radius 1 is 0.871 bits per heavy atom. The van der Waals surface area contributed by atoms with Crippen LogP contribution >= 0.6 is 15.9 Å². The van der Waals surface area contributed by atoms with Crippen molar-refractivity contribution in [1.29, 1.82) is 0 Å². The molecule has 2 rings (SSSR count). The Morgan fingerprint density at radius 3 is 2.00 bits per heavy atom. The van der Waals surface area contributed by atoms with Gasteiger partial charge in [0.25, 0.3) is 0 Å². The number of rotatable bonds is 11. The summed E-state index contributed by atoms with van der Waals surface area (Å²) in [5.74, 6) is -0.377. The average Bonchev–Trinajstić information content (AvgIpc) is 2.77. The highest BCUT2D eigenvalue weighted by Crippen LogP contribution is 2.10. The molecule has 2 N–H and O–H groups in total. The summed E-state index contributed by atoms with van der Waals surface area (Å²) in [4.78, 5) is 37.7. The Balaban J connectivity index is 2.01. The maximum atomic E-state index is 13.0. The Hall–Kier alpha value is -2.67. The summed E-state index contributed by atoms with van der Waals surface area (Å²) in [5, 5.41) is 5.59. The van der Waals surface area contributed by atoms with Crippen LogP contribution < -0.4 is 10.6 Å². The van der Waals surface area contributed by atoms with Crippen molar-refractivity contribution in [3.05, 3.63) is 71.8 Å². The molecule has 0 aliphatic carbocycles. The first-order chi connectivity index (χ1) is 14.9. The van der Waals surface area contributed by atoms with Gasteiger partial charge in [-0.2, -0.15) is 0 Å². The van der Waals surface area contributed by atoms with Crippen molar-refractivity contribution in [3.63, 3.8) is 0 Å². The van der Waals surface area contributed by atoms with E-state index in [0.717, 1.165) is 11.1 Å². The maximum Gasteiger partial charge on any atom is 0.408 e. The second-order valence-corrected chi connectivity index (χ2v) is 8.30. The first kappa shape index (κ1) is 24.6. The highest BCUT2D eigenvalue weighted by atomic mass is 79.9. The van der Waals surface area contributed by atoms with Crippen molar-refractivity contribution in [2.75, 3.05) is 5.33 Å². The van der Waals surface area contributed by atoms with E-state index in [1.807, 2.05) is 74.5 Å². The van der Waals surface area contributed by atoms with Gasteiger partial charge in [0.2, 0.25) is 5.91 Å². The van der Waals surface area contributed by atoms with Crippen LogP contribution in [0.3, 0.4) is 0 Å². The minimum atomic E-state index is -0.801. The van der Waals surface area contributed by atoms with E-state index in [-0.39, 0.29) is 23.6 Å². The van der Waals surface area contributed by atoms with Crippen LogP contribution in [0.4, 0.5) is 4.79 Å². The molecule has 6 nitrogen and oxygen atoms in total. The van der Waals surface area contributed by atoms with Crippen molar-refractivity contribution in [2.45, 2.75) is 45.4 Å². The van der Waals surface area contributed by atoms with Gasteiger partial charge < -0.3 is 15.4 Å². The molecule has 0 aliphatic heterocycles. The number of ketones is 1. The van der Waals surface area contributed by atoms with Crippen molar-refractivity contribution in [2.24, 2.45) is 5.92 Å². The number of nitrogens with one attached hydrogen (secondary N) is 2. The second kappa shape index (κ2) is 12.9. The smallest absolute Gasteiger partial charge is 0.408 e. The third-order valence-corrected chi connectivity index (χ3v) is 5.20. The minimum Gasteiger partial charge on any atom is -0.445 e. The van der Waals surface area contributed by atoms with Gasteiger partial charge >= 0.3 is 6.09 Å². The summed E-state index contributed by atoms with van der Waals surface area (Å²) in [7, 11) is 0. The van der Waals surface area contributed by atoms with E-state index < -0.39 is 24.1 Å². The van der Waals surface area contributed by atoms with Gasteiger partial charge in [-0.3, -0.25) is 9.59 Å². The number of ether oxygens (including phenoxy) is 1. The van der Waals surface area contributed by atoms with Crippen LogP contribution in [-0.4, -0.2) is 35.2 Å². The normalized spacial score (nSPS) is 12.6. The molecule has 0 saturated carbocycles. The van der Waals surface area contributed by atoms with E-state index in [9.17, 15) is 14.4 Å². The summed E-state index contributed by atoms with van der Waals surface area (Å²) in [6.07, 6.45) is 0.132. The monoisotopic (exact) mass is 488 g/mol. The second-order valence-electron chi connectivity index (χ2n) is 7.74. The van der Waals surface area contributed by atoms with E-state index in [0.29, 0.717) is 12.8 Å². The molecule has 0 spiro atoms. The Morgan fingerprint density at radius 2 is 1.45 bits per heavy atom. The summed E-state index contributed by atoms with van der Waals surface area (Å²) in [6.45, 7) is 4.03. The van der Waals surface area contributed by atoms with Crippen molar-refractivity contribution >= 4 is 33.7 Å². The molecule has 2 aromatic rings. The number of amides is 2. The van der Waals surface area contributed by atoms with Gasteiger partial charge in [0.1, 0.15) is 12.6 Å². The fourth-order valence-electron chi connectivity index (χ4n) is 3.07. The third-order valence-electron chi connectivity index (χ3n) is 4.65. The van der Waals surface area contributed by atoms with Crippen LogP contribution in [0.15, 0.2) is 60.7 Å². The molecule has 2 amide bonds. The fourth-order valence-corrected chi connectivity index (χ4v) is 3.46. The summed E-state index contributed by atoms with van der Waals surface area (Å²) in [6, 6.07) is 17.3. The zero-order chi connectivity index (χ0) is 22.6. The van der Waals surface area contributed by atoms with Crippen LogP contribution in [-0.2, 0) is 27.4 Å². The number of benzene rings is 2. The molecule has 7 heteroatoms. The van der Waals surface area contributed by atoms with Gasteiger partial charge in [-0.1, -0.05) is 90.4 Å². The van der Waals surface area contributed by atoms with E-state index in [1.165, 1.54) is 0 Å². The zero-order valence-electron chi connectivity index (χ0n) is 17.8. The van der Waals surface area contributed by atoms with Crippen LogP contribution in [0.5, 0.6) is 0 Å². The van der Waals surface area contributed by atoms with E-state index in [2.05, 4.69) is 26.6 Å². The first-order valence-corrected chi connectivity index (χ1v) is 11.4. The quantitative estimate of drug-likeness (QED) is 0.467. The van der Waals surface area contributed by atoms with Gasteiger partial charge in [0.15, 0.2) is 5.78 Å². The molecular formula is C24H29BrN2O4. The molecule has 0 saturated heterocycles. The SMILES string of the molecule is CC(C)C[C@H](NC(=O)OCc1ccccc1)C(=O)N[C@@H](Cc1ccccc1)C(=O)CBr. The standard InChI is InChI=1S/C24H29BrN2O4/c1-17(2)13-21(27-24(30)31-16-19-11-7-4-8-12-19)23(29)26-20(22(28)15-25)14-18-9-5-3-6-10-18/h3-12,17,20-21H,13-16H2,1-2H3,(H,26,29)(H,27,30)/t20-,21-/m0/s1. The predicted octanol–water partition coefficient (Wildman–Crippen LogP) is 4.02. The topological polar surface area (TPSA) is 84.5 Å². The lowest BCUT2D eigenvalue weighted by Gasteiger charge is -2.23. The van der Waals surface area contributed by atoms with Crippen LogP contribution in [0.1, 0.15) is 31.4 Å². The molecular weight excluding hydrogens is 460 g/mol. The van der Waals surface area contributed by atoms with Crippen LogP contribution in [0.2, 0.25) is 0 Å². The Bertz CT molecular complexity index is 843. The van der Waals surface area contributed by atoms with E-state index in [4.69, 9.17) is 4.74 Å². The zero-order valence-corrected chi connectivity index (χ0v) is 19.4. The van der Waals surface area contributed by atoms with Gasteiger partial charge in [-0.25, -0.2) is 4.79 Å². The van der Waals surface area contributed by atoms with Gasteiger partial charge in [0, 0.05) is 0 Å².